The van der Waals surface area contributed by atoms with E-state index in [0.717, 1.165) is 9.58 Å². The summed E-state index contributed by atoms with van der Waals surface area (Å²) in [5, 5.41) is 5.22. The number of aryl methyl sites for hydroxylation is 1. The number of nitrogens with one attached hydrogen (secondary N) is 2. The molecule has 0 spiro atoms. The smallest absolute Gasteiger partial charge is 0.314 e. The minimum Gasteiger partial charge on any atom is -0.314 e. The van der Waals surface area contributed by atoms with Gasteiger partial charge in [0, 0.05) is 30.4 Å². The van der Waals surface area contributed by atoms with E-state index < -0.39 is 50.8 Å². The summed E-state index contributed by atoms with van der Waals surface area (Å²) in [4.78, 5) is 13.4. The summed E-state index contributed by atoms with van der Waals surface area (Å²) in [6.45, 7) is 0.0976. The van der Waals surface area contributed by atoms with E-state index in [1.807, 2.05) is 0 Å². The molecule has 0 bridgehead atoms. The van der Waals surface area contributed by atoms with Gasteiger partial charge >= 0.3 is 12.2 Å². The molecule has 2 amide bonds. The Bertz CT molecular complexity index is 1120. The van der Waals surface area contributed by atoms with Gasteiger partial charge < -0.3 is 10.2 Å². The molecule has 0 radical (unpaired) electrons. The Balaban J connectivity index is 1.81. The number of anilines is 1. The molecule has 0 unspecified atom stereocenters. The van der Waals surface area contributed by atoms with Crippen molar-refractivity contribution in [3.05, 3.63) is 40.8 Å². The van der Waals surface area contributed by atoms with Crippen molar-refractivity contribution in [2.24, 2.45) is 7.05 Å². The third-order valence-corrected chi connectivity index (χ3v) is 6.03. The number of alkyl halides is 3. The molecular formula is C16H15F6N5O3S. The number of amides is 2. The maximum atomic E-state index is 13.3. The highest BCUT2D eigenvalue weighted by molar-refractivity contribution is 7.89. The van der Waals surface area contributed by atoms with Crippen molar-refractivity contribution in [2.75, 3.05) is 5.32 Å². The van der Waals surface area contributed by atoms with Gasteiger partial charge in [0.15, 0.2) is 22.5 Å². The maximum Gasteiger partial charge on any atom is 0.404 e. The first kappa shape index (κ1) is 22.9. The van der Waals surface area contributed by atoms with Crippen molar-refractivity contribution in [3.8, 4) is 0 Å². The zero-order valence-corrected chi connectivity index (χ0v) is 16.7. The molecule has 0 saturated heterocycles. The highest BCUT2D eigenvalue weighted by Crippen LogP contribution is 2.30. The van der Waals surface area contributed by atoms with E-state index in [1.165, 1.54) is 11.8 Å². The highest BCUT2D eigenvalue weighted by atomic mass is 32.2. The van der Waals surface area contributed by atoms with E-state index in [1.54, 1.807) is 0 Å². The van der Waals surface area contributed by atoms with Gasteiger partial charge in [-0.15, -0.1) is 0 Å². The number of benzene rings is 1. The number of rotatable bonds is 4. The standard InChI is InChI=1S/C16H15F6N5O3S/c1-7(16(20,21)22)25-31(29,30)14-9-5-27(6-12(9)26(2)24-14)15(28)23-8-3-10(17)13(19)11(18)4-8/h3-4,7,25H,5-6H2,1-2H3,(H,23,28)/t7-/m1/s1. The van der Waals surface area contributed by atoms with E-state index in [-0.39, 0.29) is 30.0 Å². The molecule has 15 heteroatoms. The van der Waals surface area contributed by atoms with Crippen LogP contribution in [0, 0.1) is 17.5 Å². The van der Waals surface area contributed by atoms with Crippen LogP contribution in [0.5, 0.6) is 0 Å². The number of aromatic nitrogens is 2. The number of halogens is 6. The van der Waals surface area contributed by atoms with Gasteiger partial charge in [-0.2, -0.15) is 23.0 Å². The average molecular weight is 471 g/mol. The quantitative estimate of drug-likeness (QED) is 0.530. The molecular weight excluding hydrogens is 456 g/mol. The Morgan fingerprint density at radius 2 is 1.74 bits per heavy atom. The molecule has 1 aliphatic rings. The maximum absolute atomic E-state index is 13.3. The van der Waals surface area contributed by atoms with Crippen LogP contribution in [0.4, 0.5) is 36.8 Å². The number of fused-ring (bicyclic) bond motifs is 1. The number of hydrogen-bond donors (Lipinski definition) is 2. The molecule has 3 rings (SSSR count). The molecule has 170 valence electrons. The van der Waals surface area contributed by atoms with Crippen molar-refractivity contribution in [1.82, 2.24) is 19.4 Å². The fraction of sp³-hybridized carbons (Fsp3) is 0.375. The third kappa shape index (κ3) is 4.46. The second kappa shape index (κ2) is 7.71. The molecule has 2 aromatic rings. The fourth-order valence-electron chi connectivity index (χ4n) is 2.91. The predicted molar refractivity (Wildman–Crippen MR) is 93.6 cm³/mol. The van der Waals surface area contributed by atoms with Crippen LogP contribution < -0.4 is 10.0 Å². The summed E-state index contributed by atoms with van der Waals surface area (Å²) >= 11 is 0. The number of nitrogens with zero attached hydrogens (tertiary/aromatic N) is 3. The molecule has 0 aliphatic carbocycles. The first-order valence-electron chi connectivity index (χ1n) is 8.55. The summed E-state index contributed by atoms with van der Waals surface area (Å²) in [5.74, 6) is -4.77. The average Bonchev–Trinajstić information content (AvgIpc) is 3.19. The molecule has 1 aromatic carbocycles. The summed E-state index contributed by atoms with van der Waals surface area (Å²) in [7, 11) is -3.33. The first-order chi connectivity index (χ1) is 14.2. The summed E-state index contributed by atoms with van der Waals surface area (Å²) in [6.07, 6.45) is -4.82. The molecule has 1 atom stereocenters. The molecule has 1 aromatic heterocycles. The lowest BCUT2D eigenvalue weighted by Crippen LogP contribution is -2.43. The highest BCUT2D eigenvalue weighted by Gasteiger charge is 2.41. The van der Waals surface area contributed by atoms with Crippen molar-refractivity contribution in [1.29, 1.82) is 0 Å². The first-order valence-corrected chi connectivity index (χ1v) is 10.0. The van der Waals surface area contributed by atoms with Crippen LogP contribution >= 0.6 is 0 Å². The molecule has 0 saturated carbocycles. The van der Waals surface area contributed by atoms with Gasteiger partial charge in [0.1, 0.15) is 6.04 Å². The molecule has 2 N–H and O–H groups in total. The van der Waals surface area contributed by atoms with E-state index in [4.69, 9.17) is 0 Å². The third-order valence-electron chi connectivity index (χ3n) is 4.53. The number of carbonyl (C=O) groups excluding carboxylic acids is 1. The molecule has 2 heterocycles. The van der Waals surface area contributed by atoms with Crippen LogP contribution in [-0.4, -0.2) is 41.3 Å². The van der Waals surface area contributed by atoms with Crippen molar-refractivity contribution in [3.63, 3.8) is 0 Å². The second-order valence-electron chi connectivity index (χ2n) is 6.78. The van der Waals surface area contributed by atoms with Crippen LogP contribution in [0.1, 0.15) is 18.2 Å². The zero-order chi connectivity index (χ0) is 23.3. The van der Waals surface area contributed by atoms with E-state index in [2.05, 4.69) is 10.4 Å². The van der Waals surface area contributed by atoms with Gasteiger partial charge in [-0.05, 0) is 6.92 Å². The second-order valence-corrected chi connectivity index (χ2v) is 8.41. The van der Waals surface area contributed by atoms with Gasteiger partial charge in [0.25, 0.3) is 10.0 Å². The lowest BCUT2D eigenvalue weighted by atomic mass is 10.3. The van der Waals surface area contributed by atoms with E-state index in [9.17, 15) is 39.6 Å². The van der Waals surface area contributed by atoms with Crippen LogP contribution in [0.25, 0.3) is 0 Å². The Kier molecular flexibility index (Phi) is 5.69. The predicted octanol–water partition coefficient (Wildman–Crippen LogP) is 2.61. The number of carbonyl (C=O) groups is 1. The summed E-state index contributed by atoms with van der Waals surface area (Å²) in [6, 6.07) is -2.17. The van der Waals surface area contributed by atoms with Crippen molar-refractivity contribution in [2.45, 2.75) is 37.3 Å². The van der Waals surface area contributed by atoms with E-state index >= 15 is 0 Å². The molecule has 31 heavy (non-hydrogen) atoms. The lowest BCUT2D eigenvalue weighted by molar-refractivity contribution is -0.147. The zero-order valence-electron chi connectivity index (χ0n) is 15.9. The van der Waals surface area contributed by atoms with E-state index in [0.29, 0.717) is 19.1 Å². The van der Waals surface area contributed by atoms with Gasteiger partial charge in [-0.25, -0.2) is 26.4 Å². The van der Waals surface area contributed by atoms with Gasteiger partial charge in [-0.1, -0.05) is 0 Å². The van der Waals surface area contributed by atoms with Crippen LogP contribution in [-0.2, 0) is 30.2 Å². The Morgan fingerprint density at radius 3 is 2.29 bits per heavy atom. The Hall–Kier alpha value is -2.81. The molecule has 8 nitrogen and oxygen atoms in total. The minimum absolute atomic E-state index is 0.00371. The van der Waals surface area contributed by atoms with Gasteiger partial charge in [0.2, 0.25) is 0 Å². The van der Waals surface area contributed by atoms with Crippen LogP contribution in [0.3, 0.4) is 0 Å². The number of hydrogen-bond acceptors (Lipinski definition) is 4. The molecule has 1 aliphatic heterocycles. The SMILES string of the molecule is C[C@@H](NS(=O)(=O)c1nn(C)c2c1CN(C(=O)Nc1cc(F)c(F)c(F)c1)C2)C(F)(F)F. The minimum atomic E-state index is -4.82. The van der Waals surface area contributed by atoms with Crippen LogP contribution in [0.15, 0.2) is 17.2 Å². The van der Waals surface area contributed by atoms with Crippen molar-refractivity contribution >= 4 is 21.7 Å². The monoisotopic (exact) mass is 471 g/mol. The molecule has 0 fully saturated rings. The normalized spacial score (nSPS) is 15.2. The summed E-state index contributed by atoms with van der Waals surface area (Å²) < 4.78 is 105. The number of sulfonamides is 1. The summed E-state index contributed by atoms with van der Waals surface area (Å²) in [5.41, 5.74) is -0.147. The van der Waals surface area contributed by atoms with Crippen LogP contribution in [0.2, 0.25) is 0 Å². The largest absolute Gasteiger partial charge is 0.404 e. The van der Waals surface area contributed by atoms with Gasteiger partial charge in [0.05, 0.1) is 18.8 Å². The fourth-order valence-corrected chi connectivity index (χ4v) is 4.35. The Labute approximate surface area is 171 Å². The Morgan fingerprint density at radius 1 is 1.16 bits per heavy atom. The number of urea groups is 1. The topological polar surface area (TPSA) is 96.3 Å². The lowest BCUT2D eigenvalue weighted by Gasteiger charge is -2.18. The van der Waals surface area contributed by atoms with Gasteiger partial charge in [-0.3, -0.25) is 4.68 Å². The van der Waals surface area contributed by atoms with Crippen molar-refractivity contribution < 1.29 is 39.6 Å².